The van der Waals surface area contributed by atoms with Gasteiger partial charge < -0.3 is 5.32 Å². The van der Waals surface area contributed by atoms with Crippen LogP contribution in [0.15, 0.2) is 36.4 Å². The summed E-state index contributed by atoms with van der Waals surface area (Å²) in [5.41, 5.74) is 3.17. The molecule has 1 N–H and O–H groups in total. The van der Waals surface area contributed by atoms with E-state index in [-0.39, 0.29) is 28.2 Å². The second kappa shape index (κ2) is 6.79. The van der Waals surface area contributed by atoms with Crippen molar-refractivity contribution < 1.29 is 9.72 Å². The summed E-state index contributed by atoms with van der Waals surface area (Å²) < 4.78 is 0. The van der Waals surface area contributed by atoms with Gasteiger partial charge in [-0.05, 0) is 44.0 Å². The van der Waals surface area contributed by atoms with E-state index in [4.69, 9.17) is 11.6 Å². The number of carbonyl (C=O) groups is 1. The standard InChI is InChI=1S/C17H17ClN2O3/c1-10-4-6-14(11(2)8-10)12(3)19-17(21)13-5-7-15(18)16(9-13)20(22)23/h4-9,12H,1-3H3,(H,19,21). The Labute approximate surface area is 139 Å². The molecule has 1 amide bonds. The molecule has 0 radical (unpaired) electrons. The van der Waals surface area contributed by atoms with Crippen molar-refractivity contribution in [2.75, 3.05) is 0 Å². The van der Waals surface area contributed by atoms with Gasteiger partial charge in [0.15, 0.2) is 0 Å². The monoisotopic (exact) mass is 332 g/mol. The summed E-state index contributed by atoms with van der Waals surface area (Å²) in [7, 11) is 0. The number of nitrogens with zero attached hydrogens (tertiary/aromatic N) is 1. The first-order valence-electron chi connectivity index (χ1n) is 7.11. The van der Waals surface area contributed by atoms with Gasteiger partial charge in [0, 0.05) is 11.6 Å². The number of halogens is 1. The molecule has 23 heavy (non-hydrogen) atoms. The summed E-state index contributed by atoms with van der Waals surface area (Å²) >= 11 is 5.76. The smallest absolute Gasteiger partial charge is 0.288 e. The van der Waals surface area contributed by atoms with Crippen molar-refractivity contribution in [1.82, 2.24) is 5.32 Å². The lowest BCUT2D eigenvalue weighted by Gasteiger charge is -2.17. The zero-order valence-corrected chi connectivity index (χ0v) is 13.8. The van der Waals surface area contributed by atoms with Gasteiger partial charge in [-0.15, -0.1) is 0 Å². The molecule has 1 atom stereocenters. The SMILES string of the molecule is Cc1ccc(C(C)NC(=O)c2ccc(Cl)c([N+](=O)[O-])c2)c(C)c1. The third-order valence-electron chi connectivity index (χ3n) is 3.64. The van der Waals surface area contributed by atoms with Gasteiger partial charge >= 0.3 is 0 Å². The molecule has 0 aliphatic carbocycles. The van der Waals surface area contributed by atoms with Crippen LogP contribution in [-0.2, 0) is 0 Å². The van der Waals surface area contributed by atoms with Gasteiger partial charge in [0.25, 0.3) is 11.6 Å². The summed E-state index contributed by atoms with van der Waals surface area (Å²) in [4.78, 5) is 22.6. The Morgan fingerprint density at radius 1 is 1.22 bits per heavy atom. The topological polar surface area (TPSA) is 72.2 Å². The van der Waals surface area contributed by atoms with Crippen LogP contribution >= 0.6 is 11.6 Å². The van der Waals surface area contributed by atoms with Crippen molar-refractivity contribution in [2.24, 2.45) is 0 Å². The number of aryl methyl sites for hydroxylation is 2. The van der Waals surface area contributed by atoms with E-state index < -0.39 is 4.92 Å². The highest BCUT2D eigenvalue weighted by Crippen LogP contribution is 2.25. The molecule has 0 spiro atoms. The molecule has 5 nitrogen and oxygen atoms in total. The highest BCUT2D eigenvalue weighted by molar-refractivity contribution is 6.32. The van der Waals surface area contributed by atoms with E-state index in [0.717, 1.165) is 16.7 Å². The van der Waals surface area contributed by atoms with Crippen LogP contribution in [0, 0.1) is 24.0 Å². The molecule has 0 fully saturated rings. The molecule has 0 aliphatic heterocycles. The first-order valence-corrected chi connectivity index (χ1v) is 7.49. The van der Waals surface area contributed by atoms with Gasteiger partial charge in [-0.25, -0.2) is 0 Å². The maximum Gasteiger partial charge on any atom is 0.288 e. The van der Waals surface area contributed by atoms with Crippen LogP contribution in [0.1, 0.15) is 40.0 Å². The average Bonchev–Trinajstić information content (AvgIpc) is 2.46. The number of hydrogen-bond donors (Lipinski definition) is 1. The molecule has 2 aromatic rings. The molecule has 2 rings (SSSR count). The quantitative estimate of drug-likeness (QED) is 0.668. The van der Waals surface area contributed by atoms with Gasteiger partial charge in [-0.1, -0.05) is 35.4 Å². The fraction of sp³-hybridized carbons (Fsp3) is 0.235. The summed E-state index contributed by atoms with van der Waals surface area (Å²) in [6.45, 7) is 5.87. The predicted octanol–water partition coefficient (Wildman–Crippen LogP) is 4.36. The number of nitro benzene ring substituents is 1. The Morgan fingerprint density at radius 2 is 1.91 bits per heavy atom. The van der Waals surface area contributed by atoms with E-state index in [1.807, 2.05) is 39.0 Å². The van der Waals surface area contributed by atoms with Gasteiger partial charge in [0.05, 0.1) is 11.0 Å². The highest BCUT2D eigenvalue weighted by atomic mass is 35.5. The minimum absolute atomic E-state index is 0.00831. The van der Waals surface area contributed by atoms with E-state index in [1.54, 1.807) is 0 Å². The van der Waals surface area contributed by atoms with Crippen molar-refractivity contribution in [1.29, 1.82) is 0 Å². The largest absolute Gasteiger partial charge is 0.346 e. The number of rotatable bonds is 4. The summed E-state index contributed by atoms with van der Waals surface area (Å²) in [6.07, 6.45) is 0. The molecule has 0 saturated carbocycles. The van der Waals surface area contributed by atoms with E-state index >= 15 is 0 Å². The summed E-state index contributed by atoms with van der Waals surface area (Å²) in [5, 5.41) is 13.8. The lowest BCUT2D eigenvalue weighted by atomic mass is 10.00. The number of hydrogen-bond acceptors (Lipinski definition) is 3. The summed E-state index contributed by atoms with van der Waals surface area (Å²) in [5.74, 6) is -0.378. The number of benzene rings is 2. The fourth-order valence-electron chi connectivity index (χ4n) is 2.46. The Bertz CT molecular complexity index is 774. The number of nitrogens with one attached hydrogen (secondary N) is 1. The van der Waals surface area contributed by atoms with E-state index in [1.165, 1.54) is 18.2 Å². The van der Waals surface area contributed by atoms with Crippen molar-refractivity contribution >= 4 is 23.2 Å². The van der Waals surface area contributed by atoms with Crippen LogP contribution in [0.25, 0.3) is 0 Å². The minimum Gasteiger partial charge on any atom is -0.346 e. The number of amides is 1. The first-order chi connectivity index (χ1) is 10.8. The van der Waals surface area contributed by atoms with Gasteiger partial charge in [-0.2, -0.15) is 0 Å². The molecule has 2 aromatic carbocycles. The fourth-order valence-corrected chi connectivity index (χ4v) is 2.65. The predicted molar refractivity (Wildman–Crippen MR) is 89.9 cm³/mol. The number of nitro groups is 1. The molecule has 0 aromatic heterocycles. The second-order valence-electron chi connectivity index (χ2n) is 5.48. The maximum atomic E-state index is 12.3. The molecular weight excluding hydrogens is 316 g/mol. The van der Waals surface area contributed by atoms with Gasteiger partial charge in [-0.3, -0.25) is 14.9 Å². The molecule has 0 bridgehead atoms. The Morgan fingerprint density at radius 3 is 2.52 bits per heavy atom. The van der Waals surface area contributed by atoms with Gasteiger partial charge in [0.2, 0.25) is 0 Å². The van der Waals surface area contributed by atoms with Crippen molar-refractivity contribution in [3.8, 4) is 0 Å². The normalized spacial score (nSPS) is 11.8. The van der Waals surface area contributed by atoms with Crippen molar-refractivity contribution in [3.63, 3.8) is 0 Å². The molecule has 0 aliphatic rings. The summed E-state index contributed by atoms with van der Waals surface area (Å²) in [6, 6.07) is 9.81. The van der Waals surface area contributed by atoms with Crippen LogP contribution in [0.3, 0.4) is 0 Å². The van der Waals surface area contributed by atoms with Crippen LogP contribution in [-0.4, -0.2) is 10.8 Å². The zero-order chi connectivity index (χ0) is 17.1. The lowest BCUT2D eigenvalue weighted by Crippen LogP contribution is -2.27. The van der Waals surface area contributed by atoms with Gasteiger partial charge in [0.1, 0.15) is 5.02 Å². The average molecular weight is 333 g/mol. The third-order valence-corrected chi connectivity index (χ3v) is 3.96. The minimum atomic E-state index is -0.605. The Hall–Kier alpha value is -2.40. The molecule has 120 valence electrons. The van der Waals surface area contributed by atoms with Crippen molar-refractivity contribution in [3.05, 3.63) is 73.8 Å². The third kappa shape index (κ3) is 3.87. The Balaban J connectivity index is 2.21. The van der Waals surface area contributed by atoms with E-state index in [0.29, 0.717) is 0 Å². The molecule has 1 unspecified atom stereocenters. The zero-order valence-electron chi connectivity index (χ0n) is 13.1. The lowest BCUT2D eigenvalue weighted by molar-refractivity contribution is -0.384. The maximum absolute atomic E-state index is 12.3. The Kier molecular flexibility index (Phi) is 5.01. The molecule has 0 heterocycles. The van der Waals surface area contributed by atoms with Crippen molar-refractivity contribution in [2.45, 2.75) is 26.8 Å². The van der Waals surface area contributed by atoms with Crippen LogP contribution in [0.2, 0.25) is 5.02 Å². The van der Waals surface area contributed by atoms with Crippen LogP contribution in [0.5, 0.6) is 0 Å². The van der Waals surface area contributed by atoms with Crippen LogP contribution in [0.4, 0.5) is 5.69 Å². The molecule has 6 heteroatoms. The second-order valence-corrected chi connectivity index (χ2v) is 5.89. The van der Waals surface area contributed by atoms with Crippen LogP contribution < -0.4 is 5.32 Å². The highest BCUT2D eigenvalue weighted by Gasteiger charge is 2.18. The first kappa shape index (κ1) is 17.0. The van der Waals surface area contributed by atoms with E-state index in [2.05, 4.69) is 5.32 Å². The molecule has 0 saturated heterocycles. The number of carbonyl (C=O) groups excluding carboxylic acids is 1. The molecular formula is C17H17ClN2O3. The van der Waals surface area contributed by atoms with E-state index in [9.17, 15) is 14.9 Å².